The minimum atomic E-state index is 0.0252. The molecule has 7 nitrogen and oxygen atoms in total. The van der Waals surface area contributed by atoms with Crippen LogP contribution in [0.1, 0.15) is 6.42 Å². The molecule has 5 N–H and O–H groups in total. The maximum absolute atomic E-state index is 8.20. The summed E-state index contributed by atoms with van der Waals surface area (Å²) in [4.78, 5) is 0. The number of aromatic amines is 1. The smallest absolute Gasteiger partial charge is 0.201 e. The average Bonchev–Trinajstić information content (AvgIpc) is 2.70. The molecular weight excluding hydrogens is 194 g/mol. The Labute approximate surface area is 87.4 Å². The van der Waals surface area contributed by atoms with Crippen LogP contribution in [-0.4, -0.2) is 29.2 Å². The first kappa shape index (κ1) is 10.8. The van der Waals surface area contributed by atoms with Gasteiger partial charge in [-0.2, -0.15) is 10.4 Å². The van der Waals surface area contributed by atoms with Crippen molar-refractivity contribution in [2.24, 2.45) is 0 Å². The fourth-order valence-electron chi connectivity index (χ4n) is 0.977. The Balaban J connectivity index is 1.98. The second kappa shape index (κ2) is 6.26. The number of anilines is 1. The molecule has 0 radical (unpaired) electrons. The first-order valence-electron chi connectivity index (χ1n) is 4.54. The van der Waals surface area contributed by atoms with Crippen LogP contribution in [0.15, 0.2) is 12.3 Å². The molecule has 0 aliphatic rings. The molecule has 0 unspecified atom stereocenters. The molecule has 1 rings (SSSR count). The van der Waals surface area contributed by atoms with Crippen LogP contribution in [0.2, 0.25) is 0 Å². The molecule has 0 aliphatic heterocycles. The van der Waals surface area contributed by atoms with Gasteiger partial charge in [-0.15, -0.1) is 0 Å². The van der Waals surface area contributed by atoms with Crippen LogP contribution in [0.25, 0.3) is 0 Å². The van der Waals surface area contributed by atoms with Crippen LogP contribution in [0.4, 0.5) is 5.82 Å². The van der Waals surface area contributed by atoms with Crippen LogP contribution >= 0.6 is 0 Å². The maximum atomic E-state index is 8.20. The minimum absolute atomic E-state index is 0.0252. The monoisotopic (exact) mass is 207 g/mol. The maximum Gasteiger partial charge on any atom is 0.201 e. The van der Waals surface area contributed by atoms with Gasteiger partial charge in [-0.1, -0.05) is 0 Å². The number of nitrogens with one attached hydrogen (secondary N) is 5. The molecule has 7 heteroatoms. The third kappa shape index (κ3) is 4.52. The summed E-state index contributed by atoms with van der Waals surface area (Å²) in [6.45, 7) is 1.39. The highest BCUT2D eigenvalue weighted by Gasteiger charge is 1.94. The van der Waals surface area contributed by atoms with E-state index in [0.717, 1.165) is 18.8 Å². The first-order valence-corrected chi connectivity index (χ1v) is 4.54. The summed E-state index contributed by atoms with van der Waals surface area (Å²) in [6.07, 6.45) is 4.24. The fourth-order valence-corrected chi connectivity index (χ4v) is 0.977. The Kier molecular flexibility index (Phi) is 4.53. The quantitative estimate of drug-likeness (QED) is 0.151. The largest absolute Gasteiger partial charge is 0.369 e. The number of H-pyrrole nitrogens is 1. The SMILES string of the molecule is N#CNC(=N)NCCCNc1cc[nH]n1. The lowest BCUT2D eigenvalue weighted by Gasteiger charge is -2.05. The number of guanidine groups is 1. The van der Waals surface area contributed by atoms with E-state index in [2.05, 4.69) is 26.1 Å². The van der Waals surface area contributed by atoms with Gasteiger partial charge in [0.1, 0.15) is 5.82 Å². The number of aromatic nitrogens is 2. The van der Waals surface area contributed by atoms with Crippen molar-refractivity contribution in [3.8, 4) is 6.19 Å². The van der Waals surface area contributed by atoms with Gasteiger partial charge in [0.05, 0.1) is 0 Å². The Morgan fingerprint density at radius 1 is 1.60 bits per heavy atom. The fraction of sp³-hybridized carbons (Fsp3) is 0.375. The molecule has 0 aromatic carbocycles. The molecule has 0 bridgehead atoms. The zero-order valence-corrected chi connectivity index (χ0v) is 8.17. The predicted molar refractivity (Wildman–Crippen MR) is 56.2 cm³/mol. The van der Waals surface area contributed by atoms with Crippen LogP contribution in [-0.2, 0) is 0 Å². The van der Waals surface area contributed by atoms with Gasteiger partial charge in [-0.3, -0.25) is 15.8 Å². The Morgan fingerprint density at radius 2 is 2.47 bits per heavy atom. The molecule has 15 heavy (non-hydrogen) atoms. The summed E-state index contributed by atoms with van der Waals surface area (Å²) in [6, 6.07) is 1.84. The van der Waals surface area contributed by atoms with Crippen LogP contribution in [0.5, 0.6) is 0 Å². The molecule has 0 saturated heterocycles. The minimum Gasteiger partial charge on any atom is -0.369 e. The van der Waals surface area contributed by atoms with E-state index in [4.69, 9.17) is 10.7 Å². The van der Waals surface area contributed by atoms with Crippen molar-refractivity contribution < 1.29 is 0 Å². The van der Waals surface area contributed by atoms with E-state index in [0.29, 0.717) is 6.54 Å². The number of nitrogens with zero attached hydrogens (tertiary/aromatic N) is 2. The number of hydrogen-bond acceptors (Lipinski definition) is 4. The van der Waals surface area contributed by atoms with Crippen LogP contribution in [0, 0.1) is 16.9 Å². The molecule has 80 valence electrons. The Morgan fingerprint density at radius 3 is 3.13 bits per heavy atom. The second-order valence-electron chi connectivity index (χ2n) is 2.78. The van der Waals surface area contributed by atoms with E-state index in [1.807, 2.05) is 6.07 Å². The van der Waals surface area contributed by atoms with Gasteiger partial charge in [-0.05, 0) is 12.5 Å². The number of rotatable bonds is 5. The highest BCUT2D eigenvalue weighted by Crippen LogP contribution is 1.97. The molecule has 0 saturated carbocycles. The van der Waals surface area contributed by atoms with Crippen molar-refractivity contribution in [1.82, 2.24) is 20.8 Å². The third-order valence-electron chi connectivity index (χ3n) is 1.64. The van der Waals surface area contributed by atoms with Crippen LogP contribution < -0.4 is 16.0 Å². The van der Waals surface area contributed by atoms with Gasteiger partial charge in [0.25, 0.3) is 0 Å². The molecule has 0 fully saturated rings. The van der Waals surface area contributed by atoms with Gasteiger partial charge in [0.15, 0.2) is 6.19 Å². The second-order valence-corrected chi connectivity index (χ2v) is 2.78. The summed E-state index contributed by atoms with van der Waals surface area (Å²) in [7, 11) is 0. The topological polar surface area (TPSA) is 112 Å². The van der Waals surface area contributed by atoms with Crippen molar-refractivity contribution in [1.29, 1.82) is 10.7 Å². The molecule has 0 spiro atoms. The van der Waals surface area contributed by atoms with Crippen molar-refractivity contribution in [2.75, 3.05) is 18.4 Å². The summed E-state index contributed by atoms with van der Waals surface area (Å²) < 4.78 is 0. The van der Waals surface area contributed by atoms with Gasteiger partial charge in [-0.25, -0.2) is 0 Å². The first-order chi connectivity index (χ1) is 7.33. The zero-order valence-electron chi connectivity index (χ0n) is 8.17. The van der Waals surface area contributed by atoms with Crippen molar-refractivity contribution in [2.45, 2.75) is 6.42 Å². The number of hydrogen-bond donors (Lipinski definition) is 5. The summed E-state index contributed by atoms with van der Waals surface area (Å²) in [5.74, 6) is 0.831. The van der Waals surface area contributed by atoms with Crippen LogP contribution in [0.3, 0.4) is 0 Å². The molecule has 1 heterocycles. The van der Waals surface area contributed by atoms with Gasteiger partial charge in [0.2, 0.25) is 5.96 Å². The molecule has 1 aromatic heterocycles. The van der Waals surface area contributed by atoms with E-state index < -0.39 is 0 Å². The highest BCUT2D eigenvalue weighted by atomic mass is 15.2. The van der Waals surface area contributed by atoms with Crippen molar-refractivity contribution in [3.05, 3.63) is 12.3 Å². The molecule has 0 atom stereocenters. The molecule has 0 amide bonds. The Bertz CT molecular complexity index is 323. The van der Waals surface area contributed by atoms with Gasteiger partial charge < -0.3 is 10.6 Å². The standard InChI is InChI=1S/C8H13N7/c9-6-13-8(10)12-4-1-3-11-7-2-5-14-15-7/h2,5H,1,3-4H2,(H3,10,12,13)(H2,11,14,15). The molecule has 0 aliphatic carbocycles. The summed E-state index contributed by atoms with van der Waals surface area (Å²) >= 11 is 0. The van der Waals surface area contributed by atoms with E-state index in [1.54, 1.807) is 12.4 Å². The summed E-state index contributed by atoms with van der Waals surface area (Å²) in [5.41, 5.74) is 0. The average molecular weight is 207 g/mol. The van der Waals surface area contributed by atoms with Crippen molar-refractivity contribution >= 4 is 11.8 Å². The normalized spacial score (nSPS) is 9.00. The summed E-state index contributed by atoms with van der Waals surface area (Å²) in [5, 5.41) is 30.0. The molecule has 1 aromatic rings. The van der Waals surface area contributed by atoms with Gasteiger partial charge in [0, 0.05) is 19.3 Å². The van der Waals surface area contributed by atoms with E-state index in [1.165, 1.54) is 0 Å². The van der Waals surface area contributed by atoms with E-state index in [-0.39, 0.29) is 5.96 Å². The van der Waals surface area contributed by atoms with E-state index >= 15 is 0 Å². The van der Waals surface area contributed by atoms with E-state index in [9.17, 15) is 0 Å². The van der Waals surface area contributed by atoms with Gasteiger partial charge >= 0.3 is 0 Å². The lowest BCUT2D eigenvalue weighted by Crippen LogP contribution is -2.34. The zero-order chi connectivity index (χ0) is 10.9. The molecular formula is C8H13N7. The third-order valence-corrected chi connectivity index (χ3v) is 1.64. The van der Waals surface area contributed by atoms with Crippen molar-refractivity contribution in [3.63, 3.8) is 0 Å². The number of nitriles is 1. The lowest BCUT2D eigenvalue weighted by atomic mass is 10.4. The Hall–Kier alpha value is -2.23. The predicted octanol–water partition coefficient (Wildman–Crippen LogP) is -0.193. The highest BCUT2D eigenvalue weighted by molar-refractivity contribution is 5.77. The lowest BCUT2D eigenvalue weighted by molar-refractivity contribution is 0.785.